The first-order valence-electron chi connectivity index (χ1n) is 10.1. The Kier molecular flexibility index (Phi) is 6.00. The van der Waals surface area contributed by atoms with E-state index >= 15 is 0 Å². The van der Waals surface area contributed by atoms with E-state index in [0.717, 1.165) is 24.9 Å². The molecule has 4 rings (SSSR count). The summed E-state index contributed by atoms with van der Waals surface area (Å²) < 4.78 is 5.45. The maximum absolute atomic E-state index is 12.6. The van der Waals surface area contributed by atoms with E-state index in [2.05, 4.69) is 34.2 Å². The molecular weight excluding hydrogens is 364 g/mol. The number of likely N-dealkylation sites (tertiary alicyclic amines) is 1. The van der Waals surface area contributed by atoms with Gasteiger partial charge in [-0.3, -0.25) is 9.69 Å². The minimum atomic E-state index is 0.230. The first-order valence-corrected chi connectivity index (χ1v) is 10.1. The maximum atomic E-state index is 12.6. The van der Waals surface area contributed by atoms with Gasteiger partial charge in [-0.05, 0) is 25.5 Å². The van der Waals surface area contributed by atoms with E-state index in [4.69, 9.17) is 4.52 Å². The van der Waals surface area contributed by atoms with Crippen LogP contribution in [-0.4, -0.2) is 45.5 Å². The molecule has 1 atom stereocenters. The minimum absolute atomic E-state index is 0.230. The Balaban J connectivity index is 1.35. The van der Waals surface area contributed by atoms with Gasteiger partial charge >= 0.3 is 0 Å². The van der Waals surface area contributed by atoms with Gasteiger partial charge in [0.15, 0.2) is 0 Å². The van der Waals surface area contributed by atoms with E-state index in [9.17, 15) is 4.79 Å². The van der Waals surface area contributed by atoms with E-state index in [0.29, 0.717) is 37.3 Å². The van der Waals surface area contributed by atoms with Gasteiger partial charge < -0.3 is 9.42 Å². The zero-order valence-corrected chi connectivity index (χ0v) is 16.7. The third kappa shape index (κ3) is 4.90. The Morgan fingerprint density at radius 3 is 2.55 bits per heavy atom. The van der Waals surface area contributed by atoms with Gasteiger partial charge in [0.25, 0.3) is 0 Å². The van der Waals surface area contributed by atoms with Crippen molar-refractivity contribution in [1.82, 2.24) is 19.9 Å². The van der Waals surface area contributed by atoms with E-state index in [1.54, 1.807) is 0 Å². The van der Waals surface area contributed by atoms with Crippen LogP contribution < -0.4 is 0 Å². The number of aromatic nitrogens is 2. The molecule has 6 heteroatoms. The molecule has 0 aliphatic carbocycles. The summed E-state index contributed by atoms with van der Waals surface area (Å²) >= 11 is 0. The lowest BCUT2D eigenvalue weighted by atomic mass is 10.1. The summed E-state index contributed by atoms with van der Waals surface area (Å²) in [6.45, 7) is 2.03. The average molecular weight is 390 g/mol. The summed E-state index contributed by atoms with van der Waals surface area (Å²) in [5, 5.41) is 4.10. The Bertz CT molecular complexity index is 926. The number of rotatable bonds is 6. The highest BCUT2D eigenvalue weighted by molar-refractivity contribution is 5.76. The third-order valence-corrected chi connectivity index (χ3v) is 5.50. The number of amides is 1. The van der Waals surface area contributed by atoms with E-state index < -0.39 is 0 Å². The highest BCUT2D eigenvalue weighted by Gasteiger charge is 2.26. The van der Waals surface area contributed by atoms with Crippen LogP contribution in [-0.2, 0) is 17.9 Å². The lowest BCUT2D eigenvalue weighted by molar-refractivity contribution is -0.131. The molecule has 1 amide bonds. The van der Waals surface area contributed by atoms with Gasteiger partial charge in [0.1, 0.15) is 0 Å². The molecule has 0 N–H and O–H groups in total. The number of carbonyl (C=O) groups excluding carboxylic acids is 1. The Labute approximate surface area is 171 Å². The summed E-state index contributed by atoms with van der Waals surface area (Å²) in [6.07, 6.45) is 2.36. The van der Waals surface area contributed by atoms with Crippen molar-refractivity contribution in [2.75, 3.05) is 13.6 Å². The Morgan fingerprint density at radius 2 is 1.79 bits per heavy atom. The summed E-state index contributed by atoms with van der Waals surface area (Å²) in [5.41, 5.74) is 2.12. The van der Waals surface area contributed by atoms with Crippen LogP contribution in [0.15, 0.2) is 65.2 Å². The molecule has 3 aromatic rings. The van der Waals surface area contributed by atoms with Crippen LogP contribution in [0.25, 0.3) is 11.4 Å². The molecule has 1 fully saturated rings. The van der Waals surface area contributed by atoms with Crippen LogP contribution in [0.3, 0.4) is 0 Å². The van der Waals surface area contributed by atoms with Crippen LogP contribution in [0.1, 0.15) is 30.7 Å². The molecule has 6 nitrogen and oxygen atoms in total. The summed E-state index contributed by atoms with van der Waals surface area (Å²) in [4.78, 5) is 21.3. The fraction of sp³-hybridized carbons (Fsp3) is 0.348. The lowest BCUT2D eigenvalue weighted by Crippen LogP contribution is -2.33. The van der Waals surface area contributed by atoms with Crippen LogP contribution in [0.2, 0.25) is 0 Å². The van der Waals surface area contributed by atoms with Crippen molar-refractivity contribution in [3.8, 4) is 11.4 Å². The molecule has 1 saturated heterocycles. The monoisotopic (exact) mass is 390 g/mol. The molecule has 0 bridgehead atoms. The molecule has 29 heavy (non-hydrogen) atoms. The molecule has 0 spiro atoms. The van der Waals surface area contributed by atoms with Crippen LogP contribution in [0.5, 0.6) is 0 Å². The molecular formula is C23H26N4O2. The van der Waals surface area contributed by atoms with Gasteiger partial charge in [0.2, 0.25) is 17.6 Å². The molecule has 2 heterocycles. The normalized spacial score (nSPS) is 17.5. The predicted octanol–water partition coefficient (Wildman–Crippen LogP) is 3.75. The van der Waals surface area contributed by atoms with Gasteiger partial charge in [-0.1, -0.05) is 65.8 Å². The van der Waals surface area contributed by atoms with Crippen molar-refractivity contribution in [2.24, 2.45) is 0 Å². The average Bonchev–Trinajstić information content (AvgIpc) is 3.14. The van der Waals surface area contributed by atoms with Crippen LogP contribution >= 0.6 is 0 Å². The van der Waals surface area contributed by atoms with Gasteiger partial charge in [-0.25, -0.2) is 0 Å². The predicted molar refractivity (Wildman–Crippen MR) is 111 cm³/mol. The molecule has 0 radical (unpaired) electrons. The van der Waals surface area contributed by atoms with Crippen molar-refractivity contribution in [1.29, 1.82) is 0 Å². The Hall–Kier alpha value is -2.99. The molecule has 2 aromatic carbocycles. The van der Waals surface area contributed by atoms with Gasteiger partial charge in [0, 0.05) is 31.1 Å². The van der Waals surface area contributed by atoms with Gasteiger partial charge in [0.05, 0.1) is 6.54 Å². The SMILES string of the molecule is CN(Cc1nc(-c2ccccc2)no1)C1CCC(=O)N(Cc2ccccc2)CC1. The van der Waals surface area contributed by atoms with Gasteiger partial charge in [-0.2, -0.15) is 4.98 Å². The van der Waals surface area contributed by atoms with Crippen LogP contribution in [0.4, 0.5) is 0 Å². The van der Waals surface area contributed by atoms with Crippen LogP contribution in [0, 0.1) is 0 Å². The lowest BCUT2D eigenvalue weighted by Gasteiger charge is -2.25. The number of hydrogen-bond donors (Lipinski definition) is 0. The zero-order valence-electron chi connectivity index (χ0n) is 16.7. The van der Waals surface area contributed by atoms with E-state index in [1.807, 2.05) is 53.4 Å². The summed E-state index contributed by atoms with van der Waals surface area (Å²) in [6, 6.07) is 20.3. The number of hydrogen-bond acceptors (Lipinski definition) is 5. The number of benzene rings is 2. The number of carbonyl (C=O) groups is 1. The summed E-state index contributed by atoms with van der Waals surface area (Å²) in [7, 11) is 2.06. The second-order valence-corrected chi connectivity index (χ2v) is 7.57. The maximum Gasteiger partial charge on any atom is 0.241 e. The fourth-order valence-electron chi connectivity index (χ4n) is 3.80. The van der Waals surface area contributed by atoms with Crippen molar-refractivity contribution in [3.05, 3.63) is 72.1 Å². The van der Waals surface area contributed by atoms with Crippen molar-refractivity contribution in [3.63, 3.8) is 0 Å². The Morgan fingerprint density at radius 1 is 1.07 bits per heavy atom. The van der Waals surface area contributed by atoms with Crippen molar-refractivity contribution in [2.45, 2.75) is 38.4 Å². The third-order valence-electron chi connectivity index (χ3n) is 5.50. The standard InChI is InChI=1S/C23H26N4O2/c1-26(17-21-24-23(25-29-21)19-10-6-3-7-11-19)20-12-13-22(28)27(15-14-20)16-18-8-4-2-5-9-18/h2-11,20H,12-17H2,1H3. The second kappa shape index (κ2) is 9.01. The van der Waals surface area contributed by atoms with E-state index in [1.165, 1.54) is 5.56 Å². The smallest absolute Gasteiger partial charge is 0.241 e. The zero-order chi connectivity index (χ0) is 20.1. The highest BCUT2D eigenvalue weighted by atomic mass is 16.5. The molecule has 1 aliphatic heterocycles. The molecule has 1 aromatic heterocycles. The number of nitrogens with zero attached hydrogens (tertiary/aromatic N) is 4. The van der Waals surface area contributed by atoms with Crippen molar-refractivity contribution < 1.29 is 9.32 Å². The largest absolute Gasteiger partial charge is 0.338 e. The molecule has 0 saturated carbocycles. The molecule has 150 valence electrons. The quantitative estimate of drug-likeness (QED) is 0.641. The summed E-state index contributed by atoms with van der Waals surface area (Å²) in [5.74, 6) is 1.44. The molecule has 1 aliphatic rings. The minimum Gasteiger partial charge on any atom is -0.338 e. The van der Waals surface area contributed by atoms with Gasteiger partial charge in [-0.15, -0.1) is 0 Å². The van der Waals surface area contributed by atoms with E-state index in [-0.39, 0.29) is 5.91 Å². The first kappa shape index (κ1) is 19.3. The topological polar surface area (TPSA) is 62.5 Å². The highest BCUT2D eigenvalue weighted by Crippen LogP contribution is 2.21. The fourth-order valence-corrected chi connectivity index (χ4v) is 3.80. The second-order valence-electron chi connectivity index (χ2n) is 7.57. The van der Waals surface area contributed by atoms with Crippen molar-refractivity contribution >= 4 is 5.91 Å². The molecule has 1 unspecified atom stereocenters. The first-order chi connectivity index (χ1) is 14.2.